The molecule has 112 valence electrons. The molecule has 1 N–H and O–H groups in total. The van der Waals surface area contributed by atoms with Crippen LogP contribution in [0.4, 0.5) is 8.78 Å². The van der Waals surface area contributed by atoms with Gasteiger partial charge in [-0.3, -0.25) is 0 Å². The maximum absolute atomic E-state index is 13.1. The summed E-state index contributed by atoms with van der Waals surface area (Å²) in [6, 6.07) is 9.27. The number of halogens is 2. The monoisotopic (exact) mass is 313 g/mol. The van der Waals surface area contributed by atoms with E-state index in [2.05, 4.69) is 4.72 Å². The molecule has 0 spiro atoms. The second-order valence-corrected chi connectivity index (χ2v) is 6.02. The standard InChI is InChI=1S/C14H13F2NO3S/c1-20-11-4-2-3-10(7-11)9-17-21(18,19)12-5-6-13(15)14(16)8-12/h2-8,17H,9H2,1H3. The third-order valence-electron chi connectivity index (χ3n) is 2.80. The van der Waals surface area contributed by atoms with Crippen LogP contribution in [0.25, 0.3) is 0 Å². The summed E-state index contributed by atoms with van der Waals surface area (Å²) in [4.78, 5) is -0.329. The highest BCUT2D eigenvalue weighted by molar-refractivity contribution is 7.89. The Morgan fingerprint density at radius 3 is 2.52 bits per heavy atom. The number of nitrogens with one attached hydrogen (secondary N) is 1. The summed E-state index contributed by atoms with van der Waals surface area (Å²) >= 11 is 0. The molecule has 7 heteroatoms. The average Bonchev–Trinajstić information content (AvgIpc) is 2.48. The van der Waals surface area contributed by atoms with Gasteiger partial charge in [-0.25, -0.2) is 21.9 Å². The minimum absolute atomic E-state index is 0.0124. The summed E-state index contributed by atoms with van der Waals surface area (Å²) in [6.07, 6.45) is 0. The van der Waals surface area contributed by atoms with Crippen molar-refractivity contribution in [3.8, 4) is 5.75 Å². The Labute approximate surface area is 121 Å². The first kappa shape index (κ1) is 15.4. The van der Waals surface area contributed by atoms with Gasteiger partial charge in [0.15, 0.2) is 11.6 Å². The van der Waals surface area contributed by atoms with Crippen LogP contribution in [0.5, 0.6) is 5.75 Å². The van der Waals surface area contributed by atoms with E-state index in [-0.39, 0.29) is 11.4 Å². The Kier molecular flexibility index (Phi) is 4.54. The van der Waals surface area contributed by atoms with Crippen LogP contribution < -0.4 is 9.46 Å². The molecule has 0 unspecified atom stereocenters. The van der Waals surface area contributed by atoms with Crippen molar-refractivity contribution in [3.05, 3.63) is 59.7 Å². The van der Waals surface area contributed by atoms with E-state index in [0.717, 1.165) is 12.1 Å². The average molecular weight is 313 g/mol. The van der Waals surface area contributed by atoms with Gasteiger partial charge in [-0.05, 0) is 35.9 Å². The molecular weight excluding hydrogens is 300 g/mol. The summed E-state index contributed by atoms with van der Waals surface area (Å²) in [5.41, 5.74) is 0.681. The second kappa shape index (κ2) is 6.19. The SMILES string of the molecule is COc1cccc(CNS(=O)(=O)c2ccc(F)c(F)c2)c1. The maximum Gasteiger partial charge on any atom is 0.240 e. The molecule has 0 bridgehead atoms. The molecule has 0 atom stereocenters. The van der Waals surface area contributed by atoms with E-state index in [0.29, 0.717) is 17.4 Å². The number of methoxy groups -OCH3 is 1. The van der Waals surface area contributed by atoms with Crippen molar-refractivity contribution in [1.82, 2.24) is 4.72 Å². The molecule has 2 rings (SSSR count). The zero-order valence-electron chi connectivity index (χ0n) is 11.1. The second-order valence-electron chi connectivity index (χ2n) is 4.25. The quantitative estimate of drug-likeness (QED) is 0.922. The molecule has 0 amide bonds. The van der Waals surface area contributed by atoms with Gasteiger partial charge in [0.1, 0.15) is 5.75 Å². The van der Waals surface area contributed by atoms with Crippen molar-refractivity contribution in [2.45, 2.75) is 11.4 Å². The van der Waals surface area contributed by atoms with Gasteiger partial charge in [0.05, 0.1) is 12.0 Å². The highest BCUT2D eigenvalue weighted by Crippen LogP contribution is 2.16. The van der Waals surface area contributed by atoms with Gasteiger partial charge in [0.2, 0.25) is 10.0 Å². The number of sulfonamides is 1. The van der Waals surface area contributed by atoms with Crippen LogP contribution in [0, 0.1) is 11.6 Å². The van der Waals surface area contributed by atoms with E-state index in [4.69, 9.17) is 4.74 Å². The molecule has 4 nitrogen and oxygen atoms in total. The lowest BCUT2D eigenvalue weighted by molar-refractivity contribution is 0.414. The Morgan fingerprint density at radius 2 is 1.86 bits per heavy atom. The highest BCUT2D eigenvalue weighted by Gasteiger charge is 2.16. The van der Waals surface area contributed by atoms with Crippen LogP contribution in [0.3, 0.4) is 0 Å². The van der Waals surface area contributed by atoms with Gasteiger partial charge < -0.3 is 4.74 Å². The van der Waals surface area contributed by atoms with E-state index in [9.17, 15) is 17.2 Å². The molecule has 0 saturated carbocycles. The summed E-state index contributed by atoms with van der Waals surface area (Å²) in [7, 11) is -2.41. The van der Waals surface area contributed by atoms with Gasteiger partial charge in [-0.2, -0.15) is 0 Å². The van der Waals surface area contributed by atoms with Crippen LogP contribution >= 0.6 is 0 Å². The van der Waals surface area contributed by atoms with Crippen LogP contribution in [0.2, 0.25) is 0 Å². The van der Waals surface area contributed by atoms with Gasteiger partial charge in [0, 0.05) is 6.54 Å². The largest absolute Gasteiger partial charge is 0.497 e. The topological polar surface area (TPSA) is 55.4 Å². The zero-order valence-corrected chi connectivity index (χ0v) is 12.0. The van der Waals surface area contributed by atoms with E-state index in [1.54, 1.807) is 24.3 Å². The van der Waals surface area contributed by atoms with Crippen molar-refractivity contribution in [2.24, 2.45) is 0 Å². The molecule has 0 aromatic heterocycles. The lowest BCUT2D eigenvalue weighted by Gasteiger charge is -2.08. The van der Waals surface area contributed by atoms with Crippen molar-refractivity contribution < 1.29 is 21.9 Å². The fourth-order valence-corrected chi connectivity index (χ4v) is 2.72. The van der Waals surface area contributed by atoms with Crippen molar-refractivity contribution in [3.63, 3.8) is 0 Å². The molecule has 0 radical (unpaired) electrons. The first-order valence-electron chi connectivity index (χ1n) is 6.00. The van der Waals surface area contributed by atoms with Gasteiger partial charge in [0.25, 0.3) is 0 Å². The third kappa shape index (κ3) is 3.77. The van der Waals surface area contributed by atoms with E-state index in [1.165, 1.54) is 7.11 Å². The summed E-state index contributed by atoms with van der Waals surface area (Å²) in [5.74, 6) is -1.71. The number of benzene rings is 2. The zero-order chi connectivity index (χ0) is 15.5. The molecule has 0 aliphatic carbocycles. The van der Waals surface area contributed by atoms with Gasteiger partial charge in [-0.15, -0.1) is 0 Å². The molecule has 0 fully saturated rings. The third-order valence-corrected chi connectivity index (χ3v) is 4.20. The van der Waals surface area contributed by atoms with Gasteiger partial charge in [-0.1, -0.05) is 12.1 Å². The van der Waals surface area contributed by atoms with E-state index >= 15 is 0 Å². The summed E-state index contributed by atoms with van der Waals surface area (Å²) in [5, 5.41) is 0. The van der Waals surface area contributed by atoms with Crippen LogP contribution in [0.15, 0.2) is 47.4 Å². The Bertz CT molecular complexity index is 748. The maximum atomic E-state index is 13.1. The highest BCUT2D eigenvalue weighted by atomic mass is 32.2. The molecule has 2 aromatic rings. The van der Waals surface area contributed by atoms with Crippen molar-refractivity contribution in [2.75, 3.05) is 7.11 Å². The number of ether oxygens (including phenoxy) is 1. The van der Waals surface area contributed by atoms with Gasteiger partial charge >= 0.3 is 0 Å². The summed E-state index contributed by atoms with van der Waals surface area (Å²) < 4.78 is 57.2. The number of hydrogen-bond acceptors (Lipinski definition) is 3. The Hall–Kier alpha value is -1.99. The Balaban J connectivity index is 2.15. The first-order chi connectivity index (χ1) is 9.92. The molecule has 0 heterocycles. The minimum atomic E-state index is -3.91. The smallest absolute Gasteiger partial charge is 0.240 e. The predicted molar refractivity (Wildman–Crippen MR) is 73.4 cm³/mol. The van der Waals surface area contributed by atoms with Crippen LogP contribution in [0.1, 0.15) is 5.56 Å². The van der Waals surface area contributed by atoms with Crippen molar-refractivity contribution >= 4 is 10.0 Å². The normalized spacial score (nSPS) is 11.4. The van der Waals surface area contributed by atoms with Crippen LogP contribution in [-0.2, 0) is 16.6 Å². The van der Waals surface area contributed by atoms with Crippen molar-refractivity contribution in [1.29, 1.82) is 0 Å². The van der Waals surface area contributed by atoms with Crippen LogP contribution in [-0.4, -0.2) is 15.5 Å². The molecule has 2 aromatic carbocycles. The lowest BCUT2D eigenvalue weighted by atomic mass is 10.2. The number of hydrogen-bond donors (Lipinski definition) is 1. The fraction of sp³-hybridized carbons (Fsp3) is 0.143. The Morgan fingerprint density at radius 1 is 1.10 bits per heavy atom. The molecule has 0 aliphatic rings. The fourth-order valence-electron chi connectivity index (χ4n) is 1.69. The van der Waals surface area contributed by atoms with E-state index < -0.39 is 21.7 Å². The molecule has 21 heavy (non-hydrogen) atoms. The molecule has 0 aliphatic heterocycles. The molecule has 0 saturated heterocycles. The first-order valence-corrected chi connectivity index (χ1v) is 7.48. The lowest BCUT2D eigenvalue weighted by Crippen LogP contribution is -2.23. The summed E-state index contributed by atoms with van der Waals surface area (Å²) in [6.45, 7) is 0.0124. The van der Waals surface area contributed by atoms with E-state index in [1.807, 2.05) is 0 Å². The number of rotatable bonds is 5. The minimum Gasteiger partial charge on any atom is -0.497 e. The molecular formula is C14H13F2NO3S. The predicted octanol–water partition coefficient (Wildman–Crippen LogP) is 2.45.